The predicted molar refractivity (Wildman–Crippen MR) is 120 cm³/mol. The van der Waals surface area contributed by atoms with Crippen LogP contribution >= 0.6 is 11.8 Å². The number of amides is 1. The number of carbonyl (C=O) groups is 1. The van der Waals surface area contributed by atoms with Crippen molar-refractivity contribution in [3.05, 3.63) is 65.5 Å². The van der Waals surface area contributed by atoms with Crippen molar-refractivity contribution >= 4 is 29.0 Å². The molecule has 0 radical (unpaired) electrons. The van der Waals surface area contributed by atoms with Crippen LogP contribution in [0.3, 0.4) is 0 Å². The van der Waals surface area contributed by atoms with Crippen molar-refractivity contribution in [3.63, 3.8) is 0 Å². The molecule has 4 rings (SSSR count). The highest BCUT2D eigenvalue weighted by atomic mass is 32.2. The highest BCUT2D eigenvalue weighted by molar-refractivity contribution is 8.03. The van der Waals surface area contributed by atoms with E-state index in [0.29, 0.717) is 5.56 Å². The zero-order chi connectivity index (χ0) is 21.1. The third-order valence-corrected chi connectivity index (χ3v) is 6.86. The van der Waals surface area contributed by atoms with Gasteiger partial charge in [0.25, 0.3) is 0 Å². The van der Waals surface area contributed by atoms with E-state index >= 15 is 0 Å². The Bertz CT molecular complexity index is 996. The van der Waals surface area contributed by atoms with Gasteiger partial charge in [-0.05, 0) is 48.4 Å². The second kappa shape index (κ2) is 8.38. The first kappa shape index (κ1) is 20.3. The molecular weight excluding hydrogens is 396 g/mol. The Morgan fingerprint density at radius 3 is 2.63 bits per heavy atom. The summed E-state index contributed by atoms with van der Waals surface area (Å²) < 4.78 is 0. The first-order chi connectivity index (χ1) is 14.5. The number of nitrogens with zero attached hydrogens (tertiary/aromatic N) is 5. The molecule has 154 valence electrons. The number of benzene rings is 1. The predicted octanol–water partition coefficient (Wildman–Crippen LogP) is 2.46. The van der Waals surface area contributed by atoms with Gasteiger partial charge in [0.05, 0.1) is 17.7 Å². The maximum absolute atomic E-state index is 12.0. The molecule has 3 heterocycles. The second-order valence-corrected chi connectivity index (χ2v) is 8.72. The van der Waals surface area contributed by atoms with Gasteiger partial charge in [-0.3, -0.25) is 9.78 Å². The molecule has 0 bridgehead atoms. The van der Waals surface area contributed by atoms with Gasteiger partial charge in [-0.2, -0.15) is 5.26 Å². The van der Waals surface area contributed by atoms with E-state index in [1.165, 1.54) is 11.8 Å². The van der Waals surface area contributed by atoms with Gasteiger partial charge in [-0.15, -0.1) is 0 Å². The van der Waals surface area contributed by atoms with Crippen LogP contribution in [0.15, 0.2) is 54.3 Å². The van der Waals surface area contributed by atoms with Gasteiger partial charge in [0.15, 0.2) is 0 Å². The van der Waals surface area contributed by atoms with Gasteiger partial charge in [0, 0.05) is 50.5 Å². The van der Waals surface area contributed by atoms with E-state index in [1.54, 1.807) is 12.4 Å². The number of likely N-dealkylation sites (N-methyl/N-ethyl adjacent to an activating group) is 1. The number of aromatic nitrogens is 1. The van der Waals surface area contributed by atoms with E-state index < -0.39 is 10.8 Å². The van der Waals surface area contributed by atoms with E-state index in [9.17, 15) is 10.1 Å². The summed E-state index contributed by atoms with van der Waals surface area (Å²) in [4.78, 5) is 22.0. The molecule has 0 spiro atoms. The van der Waals surface area contributed by atoms with Crippen LogP contribution in [0, 0.1) is 11.3 Å². The molecule has 2 N–H and O–H groups in total. The monoisotopic (exact) mass is 420 g/mol. The molecular formula is C22H24N6OS. The number of rotatable bonds is 5. The zero-order valence-electron chi connectivity index (χ0n) is 16.9. The minimum absolute atomic E-state index is 0.111. The summed E-state index contributed by atoms with van der Waals surface area (Å²) >= 11 is 1.52. The first-order valence-corrected chi connectivity index (χ1v) is 10.7. The third-order valence-electron chi connectivity index (χ3n) is 5.64. The number of anilines is 2. The summed E-state index contributed by atoms with van der Waals surface area (Å²) in [7, 11) is 2.12. The van der Waals surface area contributed by atoms with Crippen LogP contribution in [0.2, 0.25) is 0 Å². The van der Waals surface area contributed by atoms with Gasteiger partial charge in [-0.1, -0.05) is 11.8 Å². The molecule has 0 aliphatic carbocycles. The zero-order valence-corrected chi connectivity index (χ0v) is 17.7. The van der Waals surface area contributed by atoms with E-state index in [0.717, 1.165) is 43.1 Å². The van der Waals surface area contributed by atoms with Gasteiger partial charge in [0.1, 0.15) is 10.9 Å². The number of thioether (sulfide) groups is 1. The minimum Gasteiger partial charge on any atom is -0.370 e. The van der Waals surface area contributed by atoms with Gasteiger partial charge in [-0.25, -0.2) is 0 Å². The second-order valence-electron chi connectivity index (χ2n) is 7.54. The lowest BCUT2D eigenvalue weighted by Crippen LogP contribution is -2.44. The fourth-order valence-electron chi connectivity index (χ4n) is 4.03. The van der Waals surface area contributed by atoms with Crippen LogP contribution in [0.25, 0.3) is 0 Å². The van der Waals surface area contributed by atoms with Crippen LogP contribution in [0.4, 0.5) is 11.4 Å². The summed E-state index contributed by atoms with van der Waals surface area (Å²) in [5, 5.41) is 11.9. The Labute approximate surface area is 180 Å². The summed E-state index contributed by atoms with van der Waals surface area (Å²) in [5.41, 5.74) is 8.93. The summed E-state index contributed by atoms with van der Waals surface area (Å²) in [6, 6.07) is 12.1. The average Bonchev–Trinajstić information content (AvgIpc) is 3.18. The number of hydrogen-bond acceptors (Lipinski definition) is 7. The van der Waals surface area contributed by atoms with Crippen molar-refractivity contribution in [2.75, 3.05) is 43.0 Å². The molecule has 1 aromatic carbocycles. The lowest BCUT2D eigenvalue weighted by molar-refractivity contribution is -0.118. The normalized spacial score (nSPS) is 21.6. The number of nitrogens with two attached hydrogens (primary N) is 1. The minimum atomic E-state index is -0.740. The van der Waals surface area contributed by atoms with Crippen LogP contribution in [-0.4, -0.2) is 49.0 Å². The molecule has 1 saturated heterocycles. The molecule has 2 aromatic rings. The number of pyridine rings is 1. The molecule has 30 heavy (non-hydrogen) atoms. The fourth-order valence-corrected chi connectivity index (χ4v) is 5.20. The number of nitriles is 1. The summed E-state index contributed by atoms with van der Waals surface area (Å²) in [5.74, 6) is -0.402. The van der Waals surface area contributed by atoms with Gasteiger partial charge >= 0.3 is 0 Å². The van der Waals surface area contributed by atoms with E-state index in [1.807, 2.05) is 40.8 Å². The number of hydrogen-bond donors (Lipinski definition) is 1. The van der Waals surface area contributed by atoms with Gasteiger partial charge in [0.2, 0.25) is 5.91 Å². The molecule has 2 aliphatic heterocycles. The Morgan fingerprint density at radius 1 is 1.23 bits per heavy atom. The quantitative estimate of drug-likeness (QED) is 0.795. The lowest BCUT2D eigenvalue weighted by atomic mass is 10.00. The SMILES string of the molecule is CN1CCN(c2ccc(N3C=CSC3(CC(N)=O)c3ccncc3)c(C#N)c2)CC1. The molecule has 8 heteroatoms. The maximum Gasteiger partial charge on any atom is 0.221 e. The topological polar surface area (TPSA) is 89.5 Å². The van der Waals surface area contributed by atoms with Crippen molar-refractivity contribution in [1.82, 2.24) is 9.88 Å². The van der Waals surface area contributed by atoms with E-state index in [4.69, 9.17) is 5.73 Å². The van der Waals surface area contributed by atoms with Crippen molar-refractivity contribution < 1.29 is 4.79 Å². The fraction of sp³-hybridized carbons (Fsp3) is 0.318. The molecule has 0 saturated carbocycles. The number of carbonyl (C=O) groups excluding carboxylic acids is 1. The van der Waals surface area contributed by atoms with Gasteiger partial charge < -0.3 is 20.4 Å². The molecule has 2 aliphatic rings. The standard InChI is InChI=1S/C22H24N6OS/c1-26-8-10-27(11-9-26)19-2-3-20(17(14-19)16-23)28-12-13-30-22(28,15-21(24)29)18-4-6-25-7-5-18/h2-7,12-14H,8-11,15H2,1H3,(H2,24,29). The molecule has 7 nitrogen and oxygen atoms in total. The van der Waals surface area contributed by atoms with Crippen molar-refractivity contribution in [3.8, 4) is 6.07 Å². The Morgan fingerprint density at radius 2 is 1.97 bits per heavy atom. The smallest absolute Gasteiger partial charge is 0.221 e. The summed E-state index contributed by atoms with van der Waals surface area (Å²) in [6.07, 6.45) is 5.44. The van der Waals surface area contributed by atoms with Crippen molar-refractivity contribution in [2.24, 2.45) is 5.73 Å². The first-order valence-electron chi connectivity index (χ1n) is 9.84. The largest absolute Gasteiger partial charge is 0.370 e. The molecule has 1 aromatic heterocycles. The highest BCUT2D eigenvalue weighted by Gasteiger charge is 2.43. The molecule has 1 atom stereocenters. The lowest BCUT2D eigenvalue weighted by Gasteiger charge is -2.39. The van der Waals surface area contributed by atoms with Crippen LogP contribution in [0.5, 0.6) is 0 Å². The number of primary amides is 1. The average molecular weight is 421 g/mol. The van der Waals surface area contributed by atoms with Crippen molar-refractivity contribution in [1.29, 1.82) is 5.26 Å². The maximum atomic E-state index is 12.0. The van der Waals surface area contributed by atoms with Crippen molar-refractivity contribution in [2.45, 2.75) is 11.3 Å². The van der Waals surface area contributed by atoms with E-state index in [-0.39, 0.29) is 6.42 Å². The highest BCUT2D eigenvalue weighted by Crippen LogP contribution is 2.50. The molecule has 1 unspecified atom stereocenters. The Kier molecular flexibility index (Phi) is 5.66. The Balaban J connectivity index is 1.73. The summed E-state index contributed by atoms with van der Waals surface area (Å²) in [6.45, 7) is 3.86. The Hall–Kier alpha value is -3.02. The molecule has 1 amide bonds. The van der Waals surface area contributed by atoms with Crippen LogP contribution < -0.4 is 15.5 Å². The van der Waals surface area contributed by atoms with E-state index in [2.05, 4.69) is 34.0 Å². The number of piperazine rings is 1. The van der Waals surface area contributed by atoms with Crippen LogP contribution in [-0.2, 0) is 9.67 Å². The molecule has 1 fully saturated rings. The van der Waals surface area contributed by atoms with Crippen LogP contribution in [0.1, 0.15) is 17.5 Å². The third kappa shape index (κ3) is 3.74.